The van der Waals surface area contributed by atoms with Gasteiger partial charge in [-0.3, -0.25) is 0 Å². The van der Waals surface area contributed by atoms with Crippen LogP contribution in [0.25, 0.3) is 0 Å². The van der Waals surface area contributed by atoms with Gasteiger partial charge in [0.05, 0.1) is 0 Å². The second kappa shape index (κ2) is 9.73. The lowest BCUT2D eigenvalue weighted by atomic mass is 9.95. The van der Waals surface area contributed by atoms with Gasteiger partial charge >= 0.3 is 0 Å². The molecule has 19 heavy (non-hydrogen) atoms. The summed E-state index contributed by atoms with van der Waals surface area (Å²) in [5.41, 5.74) is 0. The van der Waals surface area contributed by atoms with Crippen molar-refractivity contribution in [3.63, 3.8) is 0 Å². The minimum atomic E-state index is 0.761. The fraction of sp³-hybridized carbons (Fsp3) is 1.00. The van der Waals surface area contributed by atoms with Gasteiger partial charge in [-0.1, -0.05) is 33.1 Å². The Bertz CT molecular complexity index is 210. The van der Waals surface area contributed by atoms with Crippen LogP contribution in [0.4, 0.5) is 0 Å². The molecule has 1 aliphatic carbocycles. The van der Waals surface area contributed by atoms with E-state index in [0.717, 1.165) is 25.0 Å². The van der Waals surface area contributed by atoms with E-state index in [-0.39, 0.29) is 0 Å². The average molecular weight is 269 g/mol. The summed E-state index contributed by atoms with van der Waals surface area (Å²) < 4.78 is 0. The average Bonchev–Trinajstić information content (AvgIpc) is 2.36. The van der Waals surface area contributed by atoms with Crippen LogP contribution in [0.5, 0.6) is 0 Å². The molecule has 1 N–H and O–H groups in total. The van der Waals surface area contributed by atoms with Crippen LogP contribution < -0.4 is 5.32 Å². The highest BCUT2D eigenvalue weighted by molar-refractivity contribution is 4.73. The molecule has 0 amide bonds. The van der Waals surface area contributed by atoms with Crippen molar-refractivity contribution in [2.45, 2.75) is 52.0 Å². The Kier molecular flexibility index (Phi) is 8.67. The second-order valence-corrected chi connectivity index (χ2v) is 6.79. The van der Waals surface area contributed by atoms with E-state index in [9.17, 15) is 0 Å². The molecule has 3 nitrogen and oxygen atoms in total. The van der Waals surface area contributed by atoms with Crippen LogP contribution in [0.3, 0.4) is 0 Å². The highest BCUT2D eigenvalue weighted by Gasteiger charge is 2.13. The van der Waals surface area contributed by atoms with Gasteiger partial charge in [0, 0.05) is 38.8 Å². The molecule has 0 aliphatic heterocycles. The molecule has 0 radical (unpaired) electrons. The fourth-order valence-corrected chi connectivity index (χ4v) is 2.89. The topological polar surface area (TPSA) is 18.5 Å². The molecule has 0 heterocycles. The van der Waals surface area contributed by atoms with Gasteiger partial charge in [-0.15, -0.1) is 0 Å². The standard InChI is InChI=1S/C16H35N3/c1-15(2)14-19(13-12-18(3)4)11-10-17-16-8-6-5-7-9-16/h15-17H,5-14H2,1-4H3. The van der Waals surface area contributed by atoms with E-state index in [1.54, 1.807) is 0 Å². The third-order valence-electron chi connectivity index (χ3n) is 3.95. The SMILES string of the molecule is CC(C)CN(CCNC1CCCCC1)CCN(C)C. The highest BCUT2D eigenvalue weighted by Crippen LogP contribution is 2.17. The maximum absolute atomic E-state index is 3.76. The van der Waals surface area contributed by atoms with E-state index in [4.69, 9.17) is 0 Å². The van der Waals surface area contributed by atoms with Crippen molar-refractivity contribution in [3.8, 4) is 0 Å². The predicted molar refractivity (Wildman–Crippen MR) is 84.7 cm³/mol. The molecular weight excluding hydrogens is 234 g/mol. The number of hydrogen-bond acceptors (Lipinski definition) is 3. The van der Waals surface area contributed by atoms with E-state index < -0.39 is 0 Å². The Hall–Kier alpha value is -0.120. The number of nitrogens with one attached hydrogen (secondary N) is 1. The Morgan fingerprint density at radius 3 is 2.26 bits per heavy atom. The number of nitrogens with zero attached hydrogens (tertiary/aromatic N) is 2. The fourth-order valence-electron chi connectivity index (χ4n) is 2.89. The molecule has 0 unspecified atom stereocenters. The number of likely N-dealkylation sites (N-methyl/N-ethyl adjacent to an activating group) is 1. The van der Waals surface area contributed by atoms with Crippen LogP contribution >= 0.6 is 0 Å². The Balaban J connectivity index is 2.18. The molecule has 1 rings (SSSR count). The third kappa shape index (κ3) is 8.61. The van der Waals surface area contributed by atoms with Crippen molar-refractivity contribution in [1.82, 2.24) is 15.1 Å². The van der Waals surface area contributed by atoms with Crippen LogP contribution in [0.15, 0.2) is 0 Å². The first-order valence-corrected chi connectivity index (χ1v) is 8.18. The first kappa shape index (κ1) is 16.9. The molecule has 0 aromatic rings. The van der Waals surface area contributed by atoms with E-state index in [2.05, 4.69) is 43.1 Å². The van der Waals surface area contributed by atoms with Crippen molar-refractivity contribution in [3.05, 3.63) is 0 Å². The largest absolute Gasteiger partial charge is 0.313 e. The van der Waals surface area contributed by atoms with Crippen LogP contribution in [0.2, 0.25) is 0 Å². The molecule has 1 saturated carbocycles. The number of rotatable bonds is 9. The van der Waals surface area contributed by atoms with Crippen molar-refractivity contribution in [2.75, 3.05) is 46.8 Å². The number of hydrogen-bond donors (Lipinski definition) is 1. The zero-order valence-corrected chi connectivity index (χ0v) is 13.6. The van der Waals surface area contributed by atoms with E-state index in [1.165, 1.54) is 51.7 Å². The van der Waals surface area contributed by atoms with Crippen molar-refractivity contribution >= 4 is 0 Å². The Morgan fingerprint density at radius 2 is 1.68 bits per heavy atom. The van der Waals surface area contributed by atoms with E-state index in [1.807, 2.05) is 0 Å². The summed E-state index contributed by atoms with van der Waals surface area (Å²) in [7, 11) is 4.32. The van der Waals surface area contributed by atoms with Crippen molar-refractivity contribution < 1.29 is 0 Å². The minimum Gasteiger partial charge on any atom is -0.313 e. The van der Waals surface area contributed by atoms with Gasteiger partial charge in [0.25, 0.3) is 0 Å². The summed E-state index contributed by atoms with van der Waals surface area (Å²) in [5, 5.41) is 3.76. The van der Waals surface area contributed by atoms with Gasteiger partial charge < -0.3 is 15.1 Å². The van der Waals surface area contributed by atoms with Gasteiger partial charge in [0.15, 0.2) is 0 Å². The Morgan fingerprint density at radius 1 is 1.00 bits per heavy atom. The molecule has 114 valence electrons. The first-order chi connectivity index (χ1) is 9.08. The second-order valence-electron chi connectivity index (χ2n) is 6.79. The summed E-state index contributed by atoms with van der Waals surface area (Å²) in [6.45, 7) is 10.6. The zero-order chi connectivity index (χ0) is 14.1. The molecule has 3 heteroatoms. The van der Waals surface area contributed by atoms with Crippen LogP contribution in [0.1, 0.15) is 46.0 Å². The molecule has 1 fully saturated rings. The zero-order valence-electron chi connectivity index (χ0n) is 13.6. The third-order valence-corrected chi connectivity index (χ3v) is 3.95. The van der Waals surface area contributed by atoms with Gasteiger partial charge in [-0.2, -0.15) is 0 Å². The predicted octanol–water partition coefficient (Wildman–Crippen LogP) is 2.43. The quantitative estimate of drug-likeness (QED) is 0.693. The highest BCUT2D eigenvalue weighted by atomic mass is 15.2. The molecule has 1 aliphatic rings. The monoisotopic (exact) mass is 269 g/mol. The summed E-state index contributed by atoms with van der Waals surface area (Å²) in [6, 6.07) is 0.795. The minimum absolute atomic E-state index is 0.761. The Labute approximate surface area is 120 Å². The van der Waals surface area contributed by atoms with Gasteiger partial charge in [-0.05, 0) is 32.9 Å². The maximum atomic E-state index is 3.76. The summed E-state index contributed by atoms with van der Waals surface area (Å²) in [6.07, 6.45) is 7.08. The molecule has 0 bridgehead atoms. The van der Waals surface area contributed by atoms with Gasteiger partial charge in [-0.25, -0.2) is 0 Å². The molecular formula is C16H35N3. The normalized spacial score (nSPS) is 17.8. The molecule has 0 saturated heterocycles. The van der Waals surface area contributed by atoms with Crippen LogP contribution in [-0.4, -0.2) is 62.7 Å². The van der Waals surface area contributed by atoms with Crippen LogP contribution in [0, 0.1) is 5.92 Å². The van der Waals surface area contributed by atoms with Crippen LogP contribution in [-0.2, 0) is 0 Å². The smallest absolute Gasteiger partial charge is 0.0110 e. The van der Waals surface area contributed by atoms with E-state index in [0.29, 0.717) is 0 Å². The summed E-state index contributed by atoms with van der Waals surface area (Å²) in [5.74, 6) is 0.761. The summed E-state index contributed by atoms with van der Waals surface area (Å²) >= 11 is 0. The van der Waals surface area contributed by atoms with Crippen molar-refractivity contribution in [1.29, 1.82) is 0 Å². The van der Waals surface area contributed by atoms with Gasteiger partial charge in [0.1, 0.15) is 0 Å². The maximum Gasteiger partial charge on any atom is 0.0110 e. The van der Waals surface area contributed by atoms with E-state index >= 15 is 0 Å². The molecule has 0 atom stereocenters. The first-order valence-electron chi connectivity index (χ1n) is 8.18. The molecule has 0 aromatic carbocycles. The van der Waals surface area contributed by atoms with Crippen molar-refractivity contribution in [2.24, 2.45) is 5.92 Å². The van der Waals surface area contributed by atoms with Gasteiger partial charge in [0.2, 0.25) is 0 Å². The molecule has 0 spiro atoms. The summed E-state index contributed by atoms with van der Waals surface area (Å²) in [4.78, 5) is 4.89. The lowest BCUT2D eigenvalue weighted by Crippen LogP contribution is -2.41. The molecule has 0 aromatic heterocycles. The lowest BCUT2D eigenvalue weighted by molar-refractivity contribution is 0.214. The lowest BCUT2D eigenvalue weighted by Gasteiger charge is -2.28.